The molecule has 0 aromatic carbocycles. The van der Waals surface area contributed by atoms with Gasteiger partial charge in [-0.3, -0.25) is 0 Å². The molecule has 0 aliphatic carbocycles. The van der Waals surface area contributed by atoms with E-state index in [9.17, 15) is 13.2 Å². The van der Waals surface area contributed by atoms with E-state index in [-0.39, 0.29) is 6.04 Å². The Morgan fingerprint density at radius 2 is 1.65 bits per heavy atom. The largest absolute Gasteiger partial charge is 0.417 e. The summed E-state index contributed by atoms with van der Waals surface area (Å²) in [6.07, 6.45) is -1.90. The molecule has 0 saturated carbocycles. The van der Waals surface area contributed by atoms with Gasteiger partial charge >= 0.3 is 6.18 Å². The first-order valence-corrected chi connectivity index (χ1v) is 6.60. The molecule has 1 unspecified atom stereocenters. The lowest BCUT2D eigenvalue weighted by molar-refractivity contribution is -0.137. The van der Waals surface area contributed by atoms with Crippen molar-refractivity contribution in [2.45, 2.75) is 29.2 Å². The first-order valence-electron chi connectivity index (χ1n) is 5.79. The maximum Gasteiger partial charge on any atom is 0.417 e. The Bertz CT molecular complexity index is 565. The van der Waals surface area contributed by atoms with Crippen LogP contribution in [0.5, 0.6) is 0 Å². The summed E-state index contributed by atoms with van der Waals surface area (Å²) in [4.78, 5) is 7.96. The van der Waals surface area contributed by atoms with Gasteiger partial charge in [0.2, 0.25) is 0 Å². The van der Waals surface area contributed by atoms with Crippen molar-refractivity contribution < 1.29 is 13.2 Å². The normalized spacial score (nSPS) is 13.2. The zero-order valence-electron chi connectivity index (χ0n) is 10.6. The molecule has 0 saturated heterocycles. The van der Waals surface area contributed by atoms with E-state index in [0.717, 1.165) is 17.8 Å². The predicted octanol–water partition coefficient (Wildman–Crippen LogP) is 3.67. The summed E-state index contributed by atoms with van der Waals surface area (Å²) < 4.78 is 37.2. The maximum atomic E-state index is 12.4. The van der Waals surface area contributed by atoms with E-state index in [1.807, 2.05) is 13.0 Å². The molecule has 0 fully saturated rings. The molecule has 106 valence electrons. The minimum absolute atomic E-state index is 0.106. The monoisotopic (exact) mass is 299 g/mol. The van der Waals surface area contributed by atoms with E-state index >= 15 is 0 Å². The van der Waals surface area contributed by atoms with Crippen LogP contribution in [0.25, 0.3) is 0 Å². The van der Waals surface area contributed by atoms with Crippen LogP contribution in [-0.2, 0) is 6.18 Å². The minimum Gasteiger partial charge on any atom is -0.324 e. The van der Waals surface area contributed by atoms with Crippen molar-refractivity contribution in [2.75, 3.05) is 0 Å². The van der Waals surface area contributed by atoms with Crippen LogP contribution < -0.4 is 5.73 Å². The third-order valence-corrected chi connectivity index (χ3v) is 3.46. The quantitative estimate of drug-likeness (QED) is 0.939. The molecule has 0 bridgehead atoms. The summed E-state index contributed by atoms with van der Waals surface area (Å²) in [6.45, 7) is 1.85. The lowest BCUT2D eigenvalue weighted by Crippen LogP contribution is -2.05. The second kappa shape index (κ2) is 5.80. The lowest BCUT2D eigenvalue weighted by atomic mass is 10.2. The number of hydrogen-bond acceptors (Lipinski definition) is 4. The van der Waals surface area contributed by atoms with Crippen molar-refractivity contribution in [1.29, 1.82) is 0 Å². The van der Waals surface area contributed by atoms with Gasteiger partial charge in [0.25, 0.3) is 0 Å². The van der Waals surface area contributed by atoms with Crippen LogP contribution in [0.3, 0.4) is 0 Å². The number of aromatic nitrogens is 2. The van der Waals surface area contributed by atoms with Crippen molar-refractivity contribution in [3.8, 4) is 0 Å². The van der Waals surface area contributed by atoms with Crippen molar-refractivity contribution in [2.24, 2.45) is 5.73 Å². The average molecular weight is 299 g/mol. The average Bonchev–Trinajstić information content (AvgIpc) is 2.39. The number of nitrogens with zero attached hydrogens (tertiary/aromatic N) is 2. The predicted molar refractivity (Wildman–Crippen MR) is 70.2 cm³/mol. The standard InChI is InChI=1S/C13H12F3N3S/c1-8(17)9-2-4-11(18-6-9)20-12-5-3-10(7-19-12)13(14,15)16/h2-8H,17H2,1H3. The van der Waals surface area contributed by atoms with Crippen LogP contribution in [0.4, 0.5) is 13.2 Å². The fraction of sp³-hybridized carbons (Fsp3) is 0.231. The summed E-state index contributed by atoms with van der Waals surface area (Å²) >= 11 is 1.20. The Balaban J connectivity index is 2.10. The maximum absolute atomic E-state index is 12.4. The van der Waals surface area contributed by atoms with Gasteiger partial charge in [0.15, 0.2) is 0 Å². The molecule has 7 heteroatoms. The summed E-state index contributed by atoms with van der Waals surface area (Å²) in [5.41, 5.74) is 5.84. The third kappa shape index (κ3) is 3.71. The zero-order chi connectivity index (χ0) is 14.8. The molecule has 1 atom stereocenters. The molecule has 0 spiro atoms. The Morgan fingerprint density at radius 3 is 2.05 bits per heavy atom. The van der Waals surface area contributed by atoms with E-state index < -0.39 is 11.7 Å². The van der Waals surface area contributed by atoms with Gasteiger partial charge in [-0.15, -0.1) is 0 Å². The highest BCUT2D eigenvalue weighted by Crippen LogP contribution is 2.31. The van der Waals surface area contributed by atoms with Crippen LogP contribution in [0.1, 0.15) is 24.1 Å². The first kappa shape index (κ1) is 14.8. The fourth-order valence-corrected chi connectivity index (χ4v) is 2.13. The van der Waals surface area contributed by atoms with Gasteiger partial charge in [0.05, 0.1) is 5.56 Å². The highest BCUT2D eigenvalue weighted by molar-refractivity contribution is 7.99. The molecule has 3 nitrogen and oxygen atoms in total. The van der Waals surface area contributed by atoms with E-state index in [2.05, 4.69) is 9.97 Å². The van der Waals surface area contributed by atoms with Crippen LogP contribution in [0.2, 0.25) is 0 Å². The number of halogens is 3. The molecule has 0 radical (unpaired) electrons. The highest BCUT2D eigenvalue weighted by Gasteiger charge is 2.30. The van der Waals surface area contributed by atoms with Gasteiger partial charge in [0.1, 0.15) is 10.1 Å². The molecule has 20 heavy (non-hydrogen) atoms. The molecule has 2 N–H and O–H groups in total. The summed E-state index contributed by atoms with van der Waals surface area (Å²) in [5, 5.41) is 1.11. The van der Waals surface area contributed by atoms with Gasteiger partial charge in [-0.05, 0) is 30.7 Å². The van der Waals surface area contributed by atoms with Gasteiger partial charge < -0.3 is 5.73 Å². The van der Waals surface area contributed by atoms with Crippen LogP contribution in [0.15, 0.2) is 46.7 Å². The van der Waals surface area contributed by atoms with Crippen LogP contribution >= 0.6 is 11.8 Å². The van der Waals surface area contributed by atoms with Gasteiger partial charge in [0, 0.05) is 18.4 Å². The summed E-state index contributed by atoms with van der Waals surface area (Å²) in [5.74, 6) is 0. The Hall–Kier alpha value is -1.60. The molecule has 0 aliphatic heterocycles. The van der Waals surface area contributed by atoms with E-state index in [1.54, 1.807) is 12.3 Å². The second-order valence-electron chi connectivity index (χ2n) is 4.20. The Morgan fingerprint density at radius 1 is 1.05 bits per heavy atom. The number of alkyl halides is 3. The van der Waals surface area contributed by atoms with Crippen molar-refractivity contribution in [1.82, 2.24) is 9.97 Å². The Kier molecular flexibility index (Phi) is 4.29. The molecule has 2 aromatic rings. The SMILES string of the molecule is CC(N)c1ccc(Sc2ccc(C(F)(F)F)cn2)nc1. The fourth-order valence-electron chi connectivity index (χ4n) is 1.44. The third-order valence-electron chi connectivity index (χ3n) is 2.56. The second-order valence-corrected chi connectivity index (χ2v) is 5.24. The van der Waals surface area contributed by atoms with E-state index in [1.165, 1.54) is 17.8 Å². The molecule has 0 aliphatic rings. The van der Waals surface area contributed by atoms with Crippen molar-refractivity contribution in [3.05, 3.63) is 47.8 Å². The molecular formula is C13H12F3N3S. The number of rotatable bonds is 3. The number of hydrogen-bond donors (Lipinski definition) is 1. The topological polar surface area (TPSA) is 51.8 Å². The Labute approximate surface area is 118 Å². The lowest BCUT2D eigenvalue weighted by Gasteiger charge is -2.07. The van der Waals surface area contributed by atoms with E-state index in [4.69, 9.17) is 5.73 Å². The number of pyridine rings is 2. The number of nitrogens with two attached hydrogens (primary N) is 1. The van der Waals surface area contributed by atoms with Crippen LogP contribution in [0, 0.1) is 0 Å². The van der Waals surface area contributed by atoms with Gasteiger partial charge in [-0.2, -0.15) is 13.2 Å². The van der Waals surface area contributed by atoms with Gasteiger partial charge in [-0.1, -0.05) is 17.8 Å². The summed E-state index contributed by atoms with van der Waals surface area (Å²) in [7, 11) is 0. The molecule has 2 heterocycles. The summed E-state index contributed by atoms with van der Waals surface area (Å²) in [6, 6.07) is 5.83. The first-order chi connectivity index (χ1) is 9.36. The van der Waals surface area contributed by atoms with Crippen molar-refractivity contribution >= 4 is 11.8 Å². The van der Waals surface area contributed by atoms with Gasteiger partial charge in [-0.25, -0.2) is 9.97 Å². The van der Waals surface area contributed by atoms with Crippen LogP contribution in [-0.4, -0.2) is 9.97 Å². The highest BCUT2D eigenvalue weighted by atomic mass is 32.2. The molecule has 2 aromatic heterocycles. The van der Waals surface area contributed by atoms with E-state index in [0.29, 0.717) is 10.1 Å². The molecule has 0 amide bonds. The molecular weight excluding hydrogens is 287 g/mol. The minimum atomic E-state index is -4.37. The van der Waals surface area contributed by atoms with Crippen molar-refractivity contribution in [3.63, 3.8) is 0 Å². The molecule has 2 rings (SSSR count). The smallest absolute Gasteiger partial charge is 0.324 e. The zero-order valence-corrected chi connectivity index (χ0v) is 11.4.